The van der Waals surface area contributed by atoms with Gasteiger partial charge < -0.3 is 5.73 Å². The van der Waals surface area contributed by atoms with Crippen molar-refractivity contribution in [3.05, 3.63) is 16.3 Å². The zero-order valence-electron chi connectivity index (χ0n) is 10.2. The van der Waals surface area contributed by atoms with Crippen LogP contribution in [0.3, 0.4) is 0 Å². The maximum atomic E-state index is 12.2. The lowest BCUT2D eigenvalue weighted by Crippen LogP contribution is -2.40. The minimum Gasteiger partial charge on any atom is -0.326 e. The first kappa shape index (κ1) is 14.9. The van der Waals surface area contributed by atoms with Crippen LogP contribution in [0.4, 0.5) is 0 Å². The van der Waals surface area contributed by atoms with Crippen molar-refractivity contribution in [2.75, 3.05) is 11.5 Å². The topological polar surface area (TPSA) is 106 Å². The largest absolute Gasteiger partial charge is 0.326 e. The normalized spacial score (nSPS) is 20.5. The van der Waals surface area contributed by atoms with E-state index in [2.05, 4.69) is 4.72 Å². The average Bonchev–Trinajstić information content (AvgIpc) is 2.81. The van der Waals surface area contributed by atoms with Crippen LogP contribution in [-0.4, -0.2) is 34.4 Å². The van der Waals surface area contributed by atoms with Gasteiger partial charge in [-0.1, -0.05) is 0 Å². The molecule has 0 saturated carbocycles. The maximum Gasteiger partial charge on any atom is 0.241 e. The van der Waals surface area contributed by atoms with Crippen molar-refractivity contribution in [2.24, 2.45) is 5.73 Å². The van der Waals surface area contributed by atoms with Crippen molar-refractivity contribution < 1.29 is 16.8 Å². The van der Waals surface area contributed by atoms with Crippen LogP contribution in [0.2, 0.25) is 0 Å². The van der Waals surface area contributed by atoms with Gasteiger partial charge in [-0.25, -0.2) is 21.6 Å². The Kier molecular flexibility index (Phi) is 4.31. The molecule has 0 amide bonds. The highest BCUT2D eigenvalue weighted by atomic mass is 32.2. The number of nitrogens with two attached hydrogens (primary N) is 1. The van der Waals surface area contributed by atoms with Crippen molar-refractivity contribution >= 4 is 31.2 Å². The van der Waals surface area contributed by atoms with Crippen molar-refractivity contribution in [1.29, 1.82) is 0 Å². The SMILES string of the molecule is NCc1sccc1S(=O)(=O)NC1CCS(=O)(=O)CC1. The van der Waals surface area contributed by atoms with E-state index in [4.69, 9.17) is 5.73 Å². The van der Waals surface area contributed by atoms with Crippen LogP contribution >= 0.6 is 11.3 Å². The van der Waals surface area contributed by atoms with Crippen LogP contribution in [0.5, 0.6) is 0 Å². The summed E-state index contributed by atoms with van der Waals surface area (Å²) in [4.78, 5) is 0.810. The number of hydrogen-bond acceptors (Lipinski definition) is 6. The van der Waals surface area contributed by atoms with Crippen molar-refractivity contribution in [3.63, 3.8) is 0 Å². The second kappa shape index (κ2) is 5.49. The predicted molar refractivity (Wildman–Crippen MR) is 74.2 cm³/mol. The van der Waals surface area contributed by atoms with Crippen LogP contribution in [0.25, 0.3) is 0 Å². The standard InChI is InChI=1S/C10H16N2O4S3/c11-7-9-10(1-4-17-9)19(15,16)12-8-2-5-18(13,14)6-3-8/h1,4,8,12H,2-3,5-7,11H2. The van der Waals surface area contributed by atoms with E-state index in [-0.39, 0.29) is 29.0 Å². The van der Waals surface area contributed by atoms with Crippen molar-refractivity contribution in [2.45, 2.75) is 30.3 Å². The predicted octanol–water partition coefficient (Wildman–Crippen LogP) is 0.0623. The van der Waals surface area contributed by atoms with E-state index in [1.165, 1.54) is 17.4 Å². The highest BCUT2D eigenvalue weighted by Crippen LogP contribution is 2.23. The van der Waals surface area contributed by atoms with Gasteiger partial charge in [-0.2, -0.15) is 0 Å². The van der Waals surface area contributed by atoms with Gasteiger partial charge in [0.2, 0.25) is 10.0 Å². The fraction of sp³-hybridized carbons (Fsp3) is 0.600. The molecule has 0 aromatic carbocycles. The number of sulfone groups is 1. The molecule has 1 aromatic rings. The van der Waals surface area contributed by atoms with Gasteiger partial charge in [0.1, 0.15) is 9.84 Å². The van der Waals surface area contributed by atoms with E-state index in [1.807, 2.05) is 0 Å². The molecule has 0 aliphatic carbocycles. The van der Waals surface area contributed by atoms with Gasteiger partial charge in [-0.3, -0.25) is 0 Å². The number of nitrogens with one attached hydrogen (secondary N) is 1. The Morgan fingerprint density at radius 1 is 1.37 bits per heavy atom. The van der Waals surface area contributed by atoms with Gasteiger partial charge in [0, 0.05) is 17.5 Å². The first-order chi connectivity index (χ1) is 8.84. The van der Waals surface area contributed by atoms with E-state index in [1.54, 1.807) is 5.38 Å². The van der Waals surface area contributed by atoms with E-state index < -0.39 is 19.9 Å². The van der Waals surface area contributed by atoms with Gasteiger partial charge in [0.05, 0.1) is 16.4 Å². The molecule has 1 aliphatic heterocycles. The maximum absolute atomic E-state index is 12.2. The van der Waals surface area contributed by atoms with Crippen LogP contribution in [-0.2, 0) is 26.4 Å². The van der Waals surface area contributed by atoms with Crippen LogP contribution in [0, 0.1) is 0 Å². The summed E-state index contributed by atoms with van der Waals surface area (Å²) in [5.74, 6) is 0.0706. The third-order valence-corrected chi connectivity index (χ3v) is 7.45. The Hall–Kier alpha value is -0.480. The lowest BCUT2D eigenvalue weighted by atomic mass is 10.2. The van der Waals surface area contributed by atoms with Gasteiger partial charge >= 0.3 is 0 Å². The number of hydrogen-bond donors (Lipinski definition) is 2. The second-order valence-electron chi connectivity index (χ2n) is 4.46. The van der Waals surface area contributed by atoms with E-state index in [0.29, 0.717) is 17.7 Å². The minimum absolute atomic E-state index is 0.0353. The molecule has 0 spiro atoms. The Balaban J connectivity index is 2.11. The summed E-state index contributed by atoms with van der Waals surface area (Å²) in [6, 6.07) is 1.20. The first-order valence-electron chi connectivity index (χ1n) is 5.83. The average molecular weight is 324 g/mol. The Morgan fingerprint density at radius 3 is 2.58 bits per heavy atom. The lowest BCUT2D eigenvalue weighted by Gasteiger charge is -2.22. The van der Waals surface area contributed by atoms with Gasteiger partial charge in [0.25, 0.3) is 0 Å². The van der Waals surface area contributed by atoms with Crippen molar-refractivity contribution in [1.82, 2.24) is 4.72 Å². The summed E-state index contributed by atoms with van der Waals surface area (Å²) in [5.41, 5.74) is 5.50. The molecule has 1 fully saturated rings. The smallest absolute Gasteiger partial charge is 0.241 e. The van der Waals surface area contributed by atoms with Gasteiger partial charge in [0.15, 0.2) is 0 Å². The van der Waals surface area contributed by atoms with Crippen molar-refractivity contribution in [3.8, 4) is 0 Å². The van der Waals surface area contributed by atoms with E-state index >= 15 is 0 Å². The fourth-order valence-corrected chi connectivity index (χ4v) is 6.14. The fourth-order valence-electron chi connectivity index (χ4n) is 2.01. The molecule has 0 atom stereocenters. The zero-order valence-corrected chi connectivity index (χ0v) is 12.7. The molecular formula is C10H16N2O4S3. The lowest BCUT2D eigenvalue weighted by molar-refractivity contribution is 0.505. The highest BCUT2D eigenvalue weighted by molar-refractivity contribution is 7.91. The van der Waals surface area contributed by atoms with Crippen LogP contribution in [0.1, 0.15) is 17.7 Å². The van der Waals surface area contributed by atoms with Gasteiger partial charge in [-0.05, 0) is 24.3 Å². The Morgan fingerprint density at radius 2 is 2.00 bits per heavy atom. The quantitative estimate of drug-likeness (QED) is 0.814. The monoisotopic (exact) mass is 324 g/mol. The number of thiophene rings is 1. The zero-order chi connectivity index (χ0) is 14.1. The van der Waals surface area contributed by atoms with Crippen LogP contribution in [0.15, 0.2) is 16.3 Å². The van der Waals surface area contributed by atoms with Gasteiger partial charge in [-0.15, -0.1) is 11.3 Å². The summed E-state index contributed by atoms with van der Waals surface area (Å²) in [6.07, 6.45) is 0.646. The molecule has 6 nitrogen and oxygen atoms in total. The molecule has 1 aliphatic rings. The summed E-state index contributed by atoms with van der Waals surface area (Å²) in [5, 5.41) is 1.68. The molecule has 0 bridgehead atoms. The summed E-state index contributed by atoms with van der Waals surface area (Å²) < 4.78 is 49.6. The molecule has 108 valence electrons. The van der Waals surface area contributed by atoms with E-state index in [0.717, 1.165) is 0 Å². The van der Waals surface area contributed by atoms with Crippen LogP contribution < -0.4 is 10.5 Å². The molecule has 19 heavy (non-hydrogen) atoms. The second-order valence-corrected chi connectivity index (χ2v) is 9.45. The minimum atomic E-state index is -3.61. The number of sulfonamides is 1. The van der Waals surface area contributed by atoms with E-state index in [9.17, 15) is 16.8 Å². The molecule has 1 aromatic heterocycles. The molecule has 2 rings (SSSR count). The Labute approximate surface area is 117 Å². The number of rotatable bonds is 4. The Bertz CT molecular complexity index is 634. The molecule has 0 radical (unpaired) electrons. The third-order valence-electron chi connectivity index (χ3n) is 3.06. The first-order valence-corrected chi connectivity index (χ1v) is 10.0. The highest BCUT2D eigenvalue weighted by Gasteiger charge is 2.28. The molecule has 0 unspecified atom stereocenters. The summed E-state index contributed by atoms with van der Waals surface area (Å²) in [6.45, 7) is 0.174. The molecule has 9 heteroatoms. The summed E-state index contributed by atoms with van der Waals surface area (Å²) in [7, 11) is -6.60. The molecule has 1 saturated heterocycles. The third kappa shape index (κ3) is 3.54. The molecular weight excluding hydrogens is 308 g/mol. The summed E-state index contributed by atoms with van der Waals surface area (Å²) >= 11 is 1.30. The molecule has 3 N–H and O–H groups in total. The molecule has 2 heterocycles.